The molecule has 1 aliphatic heterocycles. The minimum absolute atomic E-state index is 0. The van der Waals surface area contributed by atoms with Crippen LogP contribution in [-0.4, -0.2) is 42.4 Å². The number of hydrogen-bond acceptors (Lipinski definition) is 3. The van der Waals surface area contributed by atoms with Crippen molar-refractivity contribution in [2.75, 3.05) is 25.0 Å². The van der Waals surface area contributed by atoms with Gasteiger partial charge in [0.1, 0.15) is 0 Å². The van der Waals surface area contributed by atoms with Gasteiger partial charge in [-0.05, 0) is 51.3 Å². The zero-order valence-electron chi connectivity index (χ0n) is 14.0. The summed E-state index contributed by atoms with van der Waals surface area (Å²) in [5.41, 5.74) is 2.90. The van der Waals surface area contributed by atoms with E-state index in [1.165, 1.54) is 0 Å². The van der Waals surface area contributed by atoms with Crippen LogP contribution in [0.4, 0.5) is 5.69 Å². The SMILES string of the molecule is CCN(CC(=O)Nc1c(C)cccc1C)C(=O)C1CCCN1.Cl. The minimum atomic E-state index is -0.148. The Balaban J connectivity index is 0.00000264. The Kier molecular flexibility index (Phi) is 7.52. The summed E-state index contributed by atoms with van der Waals surface area (Å²) in [4.78, 5) is 26.3. The number of nitrogens with zero attached hydrogens (tertiary/aromatic N) is 1. The lowest BCUT2D eigenvalue weighted by atomic mass is 10.1. The van der Waals surface area contributed by atoms with Gasteiger partial charge in [-0.3, -0.25) is 9.59 Å². The van der Waals surface area contributed by atoms with Gasteiger partial charge in [0, 0.05) is 12.2 Å². The quantitative estimate of drug-likeness (QED) is 0.865. The van der Waals surface area contributed by atoms with Crippen molar-refractivity contribution in [3.05, 3.63) is 29.3 Å². The number of carbonyl (C=O) groups excluding carboxylic acids is 2. The number of nitrogens with one attached hydrogen (secondary N) is 2. The van der Waals surface area contributed by atoms with Crippen LogP contribution in [0.1, 0.15) is 30.9 Å². The number of para-hydroxylation sites is 1. The van der Waals surface area contributed by atoms with E-state index in [4.69, 9.17) is 0 Å². The van der Waals surface area contributed by atoms with Gasteiger partial charge < -0.3 is 15.5 Å². The number of benzene rings is 1. The zero-order chi connectivity index (χ0) is 16.1. The molecule has 1 heterocycles. The van der Waals surface area contributed by atoms with E-state index in [0.29, 0.717) is 6.54 Å². The third-order valence-corrected chi connectivity index (χ3v) is 4.13. The first-order valence-corrected chi connectivity index (χ1v) is 7.91. The zero-order valence-corrected chi connectivity index (χ0v) is 14.8. The van der Waals surface area contributed by atoms with Gasteiger partial charge in [-0.15, -0.1) is 12.4 Å². The Bertz CT molecular complexity index is 537. The maximum absolute atomic E-state index is 12.4. The van der Waals surface area contributed by atoms with Crippen molar-refractivity contribution in [2.45, 2.75) is 39.7 Å². The Morgan fingerprint density at radius 2 is 1.96 bits per heavy atom. The van der Waals surface area contributed by atoms with Gasteiger partial charge in [-0.2, -0.15) is 0 Å². The summed E-state index contributed by atoms with van der Waals surface area (Å²) in [5.74, 6) is -0.123. The van der Waals surface area contributed by atoms with Crippen LogP contribution in [0.25, 0.3) is 0 Å². The van der Waals surface area contributed by atoms with Crippen molar-refractivity contribution in [2.24, 2.45) is 0 Å². The van der Waals surface area contributed by atoms with Gasteiger partial charge in [-0.25, -0.2) is 0 Å². The number of aryl methyl sites for hydroxylation is 2. The standard InChI is InChI=1S/C17H25N3O2.ClH/c1-4-20(17(22)14-9-6-10-18-14)11-15(21)19-16-12(2)7-5-8-13(16)3;/h5,7-8,14,18H,4,6,9-11H2,1-3H3,(H,19,21);1H. The summed E-state index contributed by atoms with van der Waals surface area (Å²) in [6.07, 6.45) is 1.87. The van der Waals surface area contributed by atoms with Crippen molar-refractivity contribution < 1.29 is 9.59 Å². The van der Waals surface area contributed by atoms with Crippen molar-refractivity contribution in [3.63, 3.8) is 0 Å². The molecule has 6 heteroatoms. The first kappa shape index (κ1) is 19.5. The number of carbonyl (C=O) groups is 2. The first-order chi connectivity index (χ1) is 10.5. The molecule has 1 fully saturated rings. The van der Waals surface area contributed by atoms with Crippen LogP contribution in [0.15, 0.2) is 18.2 Å². The molecule has 2 N–H and O–H groups in total. The molecule has 0 saturated carbocycles. The molecule has 128 valence electrons. The van der Waals surface area contributed by atoms with Crippen LogP contribution in [0.2, 0.25) is 0 Å². The van der Waals surface area contributed by atoms with Crippen LogP contribution in [0.3, 0.4) is 0 Å². The topological polar surface area (TPSA) is 61.4 Å². The van der Waals surface area contributed by atoms with E-state index < -0.39 is 0 Å². The molecule has 0 radical (unpaired) electrons. The van der Waals surface area contributed by atoms with Crippen molar-refractivity contribution in [1.82, 2.24) is 10.2 Å². The summed E-state index contributed by atoms with van der Waals surface area (Å²) in [7, 11) is 0. The highest BCUT2D eigenvalue weighted by molar-refractivity contribution is 5.96. The fourth-order valence-electron chi connectivity index (χ4n) is 2.83. The van der Waals surface area contributed by atoms with Crippen molar-refractivity contribution in [3.8, 4) is 0 Å². The summed E-state index contributed by atoms with van der Waals surface area (Å²) in [5, 5.41) is 6.12. The molecule has 1 atom stereocenters. The van der Waals surface area contributed by atoms with Crippen LogP contribution >= 0.6 is 12.4 Å². The van der Waals surface area contributed by atoms with Crippen molar-refractivity contribution in [1.29, 1.82) is 0 Å². The van der Waals surface area contributed by atoms with E-state index in [9.17, 15) is 9.59 Å². The van der Waals surface area contributed by atoms with Crippen molar-refractivity contribution >= 4 is 29.9 Å². The molecule has 1 aliphatic rings. The summed E-state index contributed by atoms with van der Waals surface area (Å²) in [6, 6.07) is 5.77. The van der Waals surface area contributed by atoms with Gasteiger partial charge in [-0.1, -0.05) is 18.2 Å². The highest BCUT2D eigenvalue weighted by atomic mass is 35.5. The maximum atomic E-state index is 12.4. The maximum Gasteiger partial charge on any atom is 0.244 e. The molecule has 0 bridgehead atoms. The van der Waals surface area contributed by atoms with Crippen LogP contribution in [0.5, 0.6) is 0 Å². The fraction of sp³-hybridized carbons (Fsp3) is 0.529. The molecule has 1 saturated heterocycles. The second-order valence-corrected chi connectivity index (χ2v) is 5.82. The number of rotatable bonds is 5. The second-order valence-electron chi connectivity index (χ2n) is 5.82. The number of amides is 2. The molecule has 0 aromatic heterocycles. The largest absolute Gasteiger partial charge is 0.332 e. The molecular formula is C17H26ClN3O2. The predicted octanol–water partition coefficient (Wildman–Crippen LogP) is 2.26. The van der Waals surface area contributed by atoms with E-state index in [1.807, 2.05) is 39.0 Å². The molecule has 5 nitrogen and oxygen atoms in total. The van der Waals surface area contributed by atoms with Gasteiger partial charge >= 0.3 is 0 Å². The lowest BCUT2D eigenvalue weighted by molar-refractivity contribution is -0.136. The van der Waals surface area contributed by atoms with Crippen LogP contribution < -0.4 is 10.6 Å². The Hall–Kier alpha value is -1.59. The summed E-state index contributed by atoms with van der Waals surface area (Å²) >= 11 is 0. The number of halogens is 1. The van der Waals surface area contributed by atoms with E-state index in [1.54, 1.807) is 4.90 Å². The molecule has 1 aromatic carbocycles. The minimum Gasteiger partial charge on any atom is -0.332 e. The lowest BCUT2D eigenvalue weighted by Crippen LogP contribution is -2.46. The molecule has 23 heavy (non-hydrogen) atoms. The molecule has 0 spiro atoms. The van der Waals surface area contributed by atoms with Crippen LogP contribution in [-0.2, 0) is 9.59 Å². The average molecular weight is 340 g/mol. The second kappa shape index (κ2) is 8.89. The van der Waals surface area contributed by atoms with Gasteiger partial charge in [0.2, 0.25) is 11.8 Å². The smallest absolute Gasteiger partial charge is 0.244 e. The summed E-state index contributed by atoms with van der Waals surface area (Å²) < 4.78 is 0. The highest BCUT2D eigenvalue weighted by Gasteiger charge is 2.27. The monoisotopic (exact) mass is 339 g/mol. The Labute approximate surface area is 144 Å². The van der Waals surface area contributed by atoms with Gasteiger partial charge in [0.05, 0.1) is 12.6 Å². The fourth-order valence-corrected chi connectivity index (χ4v) is 2.83. The summed E-state index contributed by atoms with van der Waals surface area (Å²) in [6.45, 7) is 7.35. The number of hydrogen-bond donors (Lipinski definition) is 2. The average Bonchev–Trinajstić information content (AvgIpc) is 3.02. The normalized spacial score (nSPS) is 16.6. The highest BCUT2D eigenvalue weighted by Crippen LogP contribution is 2.19. The molecule has 0 aliphatic carbocycles. The molecule has 2 amide bonds. The molecular weight excluding hydrogens is 314 g/mol. The number of anilines is 1. The van der Waals surface area contributed by atoms with E-state index in [0.717, 1.165) is 36.2 Å². The Morgan fingerprint density at radius 3 is 2.48 bits per heavy atom. The number of likely N-dealkylation sites (N-methyl/N-ethyl adjacent to an activating group) is 1. The molecule has 2 rings (SSSR count). The molecule has 1 unspecified atom stereocenters. The van der Waals surface area contributed by atoms with E-state index in [-0.39, 0.29) is 36.8 Å². The van der Waals surface area contributed by atoms with Gasteiger partial charge in [0.15, 0.2) is 0 Å². The predicted molar refractivity (Wildman–Crippen MR) is 95.1 cm³/mol. The first-order valence-electron chi connectivity index (χ1n) is 7.91. The molecule has 1 aromatic rings. The van der Waals surface area contributed by atoms with E-state index >= 15 is 0 Å². The van der Waals surface area contributed by atoms with Crippen LogP contribution in [0, 0.1) is 13.8 Å². The van der Waals surface area contributed by atoms with Gasteiger partial charge in [0.25, 0.3) is 0 Å². The Morgan fingerprint density at radius 1 is 1.30 bits per heavy atom. The lowest BCUT2D eigenvalue weighted by Gasteiger charge is -2.24. The third-order valence-electron chi connectivity index (χ3n) is 4.13. The third kappa shape index (κ3) is 4.94. The van der Waals surface area contributed by atoms with E-state index in [2.05, 4.69) is 10.6 Å².